The van der Waals surface area contributed by atoms with E-state index < -0.39 is 0 Å². The topological polar surface area (TPSA) is 80.2 Å². The monoisotopic (exact) mass is 317 g/mol. The zero-order chi connectivity index (χ0) is 16.4. The molecule has 0 radical (unpaired) electrons. The number of nitrogens with one attached hydrogen (secondary N) is 1. The van der Waals surface area contributed by atoms with Crippen LogP contribution in [0.1, 0.15) is 25.8 Å². The van der Waals surface area contributed by atoms with Crippen LogP contribution in [0, 0.1) is 0 Å². The van der Waals surface area contributed by atoms with Gasteiger partial charge in [0.1, 0.15) is 25.0 Å². The van der Waals surface area contributed by atoms with Gasteiger partial charge >= 0.3 is 5.97 Å². The third kappa shape index (κ3) is 3.13. The van der Waals surface area contributed by atoms with Gasteiger partial charge in [-0.15, -0.1) is 0 Å². The minimum Gasteiger partial charge on any atom is -0.490 e. The van der Waals surface area contributed by atoms with Gasteiger partial charge in [0.15, 0.2) is 0 Å². The van der Waals surface area contributed by atoms with Gasteiger partial charge in [-0.3, -0.25) is 14.9 Å². The summed E-state index contributed by atoms with van der Waals surface area (Å²) in [6.07, 6.45) is 0.735. The van der Waals surface area contributed by atoms with Gasteiger partial charge in [0.05, 0.1) is 5.69 Å². The predicted octanol–water partition coefficient (Wildman–Crippen LogP) is 1.34. The summed E-state index contributed by atoms with van der Waals surface area (Å²) in [5.41, 5.74) is 1.84. The van der Waals surface area contributed by atoms with E-state index in [2.05, 4.69) is 10.3 Å². The Bertz CT molecular complexity index is 671. The van der Waals surface area contributed by atoms with Crippen molar-refractivity contribution < 1.29 is 19.1 Å². The first kappa shape index (κ1) is 15.3. The highest BCUT2D eigenvalue weighted by Gasteiger charge is 2.37. The summed E-state index contributed by atoms with van der Waals surface area (Å²) >= 11 is 0. The van der Waals surface area contributed by atoms with Crippen LogP contribution >= 0.6 is 0 Å². The Morgan fingerprint density at radius 1 is 1.43 bits per heavy atom. The Kier molecular flexibility index (Phi) is 4.18. The molecule has 7 heteroatoms. The second-order valence-corrected chi connectivity index (χ2v) is 5.46. The largest absolute Gasteiger partial charge is 0.490 e. The average Bonchev–Trinajstić information content (AvgIpc) is 2.83. The molecule has 0 aliphatic carbocycles. The summed E-state index contributed by atoms with van der Waals surface area (Å²) in [5, 5.41) is 2.82. The molecule has 2 aliphatic rings. The van der Waals surface area contributed by atoms with Crippen molar-refractivity contribution in [2.24, 2.45) is 4.99 Å². The Morgan fingerprint density at radius 3 is 3.00 bits per heavy atom. The lowest BCUT2D eigenvalue weighted by atomic mass is 10.1. The Hall–Kier alpha value is -2.57. The number of carbonyl (C=O) groups is 2. The normalized spacial score (nSPS) is 18.7. The Balaban J connectivity index is 1.70. The predicted molar refractivity (Wildman–Crippen MR) is 83.4 cm³/mol. The first-order chi connectivity index (χ1) is 11.1. The Labute approximate surface area is 134 Å². The highest BCUT2D eigenvalue weighted by Crippen LogP contribution is 2.32. The highest BCUT2D eigenvalue weighted by atomic mass is 16.6. The maximum absolute atomic E-state index is 11.9. The number of hydrogen-bond acceptors (Lipinski definition) is 6. The summed E-state index contributed by atoms with van der Waals surface area (Å²) in [6.45, 7) is 4.49. The standard InChI is InChI=1S/C16H19N3O4/c1-3-14-15(21)18-16-17-13-5-4-12(8-11(13)9-19(14)16)23-7-6-22-10(2)20/h4-5,8,14H,3,6-7,9H2,1-2H3,(H,17,18,21). The summed E-state index contributed by atoms with van der Waals surface area (Å²) in [4.78, 5) is 29.1. The fourth-order valence-electron chi connectivity index (χ4n) is 2.77. The van der Waals surface area contributed by atoms with E-state index in [1.165, 1.54) is 6.92 Å². The molecule has 0 bridgehead atoms. The van der Waals surface area contributed by atoms with E-state index in [0.29, 0.717) is 24.9 Å². The van der Waals surface area contributed by atoms with Crippen molar-refractivity contribution in [3.05, 3.63) is 23.8 Å². The van der Waals surface area contributed by atoms with Crippen molar-refractivity contribution in [1.29, 1.82) is 0 Å². The van der Waals surface area contributed by atoms with Crippen LogP contribution in [0.5, 0.6) is 5.75 Å². The zero-order valence-corrected chi connectivity index (χ0v) is 13.2. The summed E-state index contributed by atoms with van der Waals surface area (Å²) in [6, 6.07) is 5.43. The second kappa shape index (κ2) is 6.28. The third-order valence-electron chi connectivity index (χ3n) is 3.85. The summed E-state index contributed by atoms with van der Waals surface area (Å²) < 4.78 is 10.4. The number of rotatable bonds is 5. The molecule has 1 unspecified atom stereocenters. The molecule has 2 heterocycles. The quantitative estimate of drug-likeness (QED) is 0.655. The van der Waals surface area contributed by atoms with E-state index in [0.717, 1.165) is 17.7 Å². The van der Waals surface area contributed by atoms with E-state index in [1.807, 2.05) is 30.0 Å². The molecule has 2 aliphatic heterocycles. The zero-order valence-electron chi connectivity index (χ0n) is 13.2. The van der Waals surface area contributed by atoms with Crippen LogP contribution in [0.15, 0.2) is 23.2 Å². The van der Waals surface area contributed by atoms with Gasteiger partial charge in [0, 0.05) is 19.0 Å². The molecule has 1 N–H and O–H groups in total. The number of fused-ring (bicyclic) bond motifs is 2. The number of esters is 1. The van der Waals surface area contributed by atoms with Gasteiger partial charge in [-0.2, -0.15) is 0 Å². The lowest BCUT2D eigenvalue weighted by Crippen LogP contribution is -2.36. The molecule has 0 aromatic heterocycles. The third-order valence-corrected chi connectivity index (χ3v) is 3.85. The second-order valence-electron chi connectivity index (χ2n) is 5.46. The average molecular weight is 317 g/mol. The molecule has 0 saturated carbocycles. The van der Waals surface area contributed by atoms with Crippen molar-refractivity contribution in [3.63, 3.8) is 0 Å². The highest BCUT2D eigenvalue weighted by molar-refractivity contribution is 6.07. The molecule has 122 valence electrons. The summed E-state index contributed by atoms with van der Waals surface area (Å²) in [5.74, 6) is 0.994. The lowest BCUT2D eigenvalue weighted by molar-refractivity contribution is -0.141. The molecule has 1 aromatic rings. The van der Waals surface area contributed by atoms with Gasteiger partial charge in [0.25, 0.3) is 0 Å². The van der Waals surface area contributed by atoms with E-state index in [9.17, 15) is 9.59 Å². The van der Waals surface area contributed by atoms with Gasteiger partial charge < -0.3 is 14.4 Å². The fourth-order valence-corrected chi connectivity index (χ4v) is 2.77. The van der Waals surface area contributed by atoms with E-state index in [-0.39, 0.29) is 24.5 Å². The number of ether oxygens (including phenoxy) is 2. The van der Waals surface area contributed by atoms with Crippen molar-refractivity contribution in [3.8, 4) is 5.75 Å². The fraction of sp³-hybridized carbons (Fsp3) is 0.438. The number of benzene rings is 1. The number of amides is 1. The molecule has 1 saturated heterocycles. The van der Waals surface area contributed by atoms with Crippen molar-refractivity contribution in [1.82, 2.24) is 10.2 Å². The van der Waals surface area contributed by atoms with Crippen LogP contribution in [-0.4, -0.2) is 42.0 Å². The van der Waals surface area contributed by atoms with Crippen LogP contribution < -0.4 is 10.1 Å². The SMILES string of the molecule is CCC1C(=O)NC2=Nc3ccc(OCCOC(C)=O)cc3CN21. The number of carbonyl (C=O) groups excluding carboxylic acids is 2. The molecule has 1 fully saturated rings. The minimum absolute atomic E-state index is 0.00286. The number of guanidine groups is 1. The molecule has 1 aromatic carbocycles. The number of aliphatic imine (C=N–C) groups is 1. The first-order valence-electron chi connectivity index (χ1n) is 7.63. The first-order valence-corrected chi connectivity index (χ1v) is 7.63. The molecule has 0 spiro atoms. The molecule has 23 heavy (non-hydrogen) atoms. The molecular formula is C16H19N3O4. The van der Waals surface area contributed by atoms with E-state index in [1.54, 1.807) is 0 Å². The molecule has 1 atom stereocenters. The number of hydrogen-bond donors (Lipinski definition) is 1. The molecular weight excluding hydrogens is 298 g/mol. The van der Waals surface area contributed by atoms with Crippen molar-refractivity contribution in [2.45, 2.75) is 32.9 Å². The Morgan fingerprint density at radius 2 is 2.26 bits per heavy atom. The maximum atomic E-state index is 11.9. The van der Waals surface area contributed by atoms with E-state index >= 15 is 0 Å². The maximum Gasteiger partial charge on any atom is 0.302 e. The minimum atomic E-state index is -0.322. The van der Waals surface area contributed by atoms with Crippen molar-refractivity contribution >= 4 is 23.5 Å². The van der Waals surface area contributed by atoms with Gasteiger partial charge in [-0.25, -0.2) is 4.99 Å². The smallest absolute Gasteiger partial charge is 0.302 e. The van der Waals surface area contributed by atoms with Gasteiger partial charge in [-0.1, -0.05) is 6.92 Å². The molecule has 7 nitrogen and oxygen atoms in total. The number of nitrogens with zero attached hydrogens (tertiary/aromatic N) is 2. The van der Waals surface area contributed by atoms with Gasteiger partial charge in [0.2, 0.25) is 11.9 Å². The molecule has 1 amide bonds. The lowest BCUT2D eigenvalue weighted by Gasteiger charge is -2.27. The van der Waals surface area contributed by atoms with Crippen LogP contribution in [0.3, 0.4) is 0 Å². The van der Waals surface area contributed by atoms with Crippen molar-refractivity contribution in [2.75, 3.05) is 13.2 Å². The summed E-state index contributed by atoms with van der Waals surface area (Å²) in [7, 11) is 0. The molecule has 3 rings (SSSR count). The van der Waals surface area contributed by atoms with Crippen LogP contribution in [0.25, 0.3) is 0 Å². The van der Waals surface area contributed by atoms with Gasteiger partial charge in [-0.05, 0) is 24.6 Å². The van der Waals surface area contributed by atoms with E-state index in [4.69, 9.17) is 9.47 Å². The van der Waals surface area contributed by atoms with Crippen LogP contribution in [0.2, 0.25) is 0 Å². The van der Waals surface area contributed by atoms with Crippen LogP contribution in [-0.2, 0) is 20.9 Å². The van der Waals surface area contributed by atoms with Crippen LogP contribution in [0.4, 0.5) is 5.69 Å².